The van der Waals surface area contributed by atoms with Crippen molar-refractivity contribution in [3.05, 3.63) is 17.3 Å². The average molecular weight is 208 g/mol. The number of hydrogen-bond acceptors (Lipinski definition) is 4. The number of nitrogens with zero attached hydrogens (tertiary/aromatic N) is 2. The van der Waals surface area contributed by atoms with Gasteiger partial charge in [-0.1, -0.05) is 6.42 Å². The standard InChI is InChI=1S/C10H12N2O3/c1-15-9-7(10(13)14)5-8(11-12-9)6-3-2-4-6/h5-6H,2-4H2,1H3,(H,13,14). The monoisotopic (exact) mass is 208 g/mol. The van der Waals surface area contributed by atoms with E-state index in [-0.39, 0.29) is 11.4 Å². The third-order valence-corrected chi connectivity index (χ3v) is 2.73. The predicted molar refractivity (Wildman–Crippen MR) is 52.1 cm³/mol. The fraction of sp³-hybridized carbons (Fsp3) is 0.500. The topological polar surface area (TPSA) is 72.3 Å². The van der Waals surface area contributed by atoms with Gasteiger partial charge in [0.05, 0.1) is 12.8 Å². The highest BCUT2D eigenvalue weighted by Crippen LogP contribution is 2.35. The molecule has 1 N–H and O–H groups in total. The first-order chi connectivity index (χ1) is 7.22. The second-order valence-electron chi connectivity index (χ2n) is 3.63. The van der Waals surface area contributed by atoms with Crippen molar-refractivity contribution in [2.45, 2.75) is 25.2 Å². The van der Waals surface area contributed by atoms with Crippen LogP contribution in [0.1, 0.15) is 41.2 Å². The minimum atomic E-state index is -1.03. The minimum absolute atomic E-state index is 0.0746. The smallest absolute Gasteiger partial charge is 0.341 e. The lowest BCUT2D eigenvalue weighted by Gasteiger charge is -2.24. The number of ether oxygens (including phenoxy) is 1. The number of aromatic carboxylic acids is 1. The average Bonchev–Trinajstić information content (AvgIpc) is 2.15. The molecule has 0 spiro atoms. The molecular weight excluding hydrogens is 196 g/mol. The molecule has 1 aliphatic rings. The van der Waals surface area contributed by atoms with Gasteiger partial charge in [-0.15, -0.1) is 5.10 Å². The van der Waals surface area contributed by atoms with Gasteiger partial charge in [-0.2, -0.15) is 5.10 Å². The summed E-state index contributed by atoms with van der Waals surface area (Å²) in [7, 11) is 1.39. The van der Waals surface area contributed by atoms with Crippen LogP contribution < -0.4 is 4.74 Å². The number of hydrogen-bond donors (Lipinski definition) is 1. The maximum atomic E-state index is 10.9. The molecule has 0 saturated heterocycles. The van der Waals surface area contributed by atoms with E-state index in [1.165, 1.54) is 13.5 Å². The van der Waals surface area contributed by atoms with Gasteiger partial charge in [-0.25, -0.2) is 4.79 Å². The third kappa shape index (κ3) is 1.77. The van der Waals surface area contributed by atoms with Crippen LogP contribution in [0.2, 0.25) is 0 Å². The highest BCUT2D eigenvalue weighted by atomic mass is 16.5. The summed E-state index contributed by atoms with van der Waals surface area (Å²) in [5.74, 6) is -0.575. The van der Waals surface area contributed by atoms with E-state index in [0.29, 0.717) is 5.92 Å². The molecule has 0 atom stereocenters. The molecule has 0 bridgehead atoms. The maximum Gasteiger partial charge on any atom is 0.341 e. The number of carboxylic acid groups (broad SMARTS) is 1. The summed E-state index contributed by atoms with van der Waals surface area (Å²) in [6, 6.07) is 1.57. The van der Waals surface area contributed by atoms with Gasteiger partial charge in [0.25, 0.3) is 0 Å². The zero-order chi connectivity index (χ0) is 10.8. The minimum Gasteiger partial charge on any atom is -0.479 e. The number of aromatic nitrogens is 2. The molecule has 1 aromatic rings. The Labute approximate surface area is 87.1 Å². The Hall–Kier alpha value is -1.65. The maximum absolute atomic E-state index is 10.9. The molecule has 1 aliphatic carbocycles. The van der Waals surface area contributed by atoms with E-state index in [4.69, 9.17) is 9.84 Å². The predicted octanol–water partition coefficient (Wildman–Crippen LogP) is 1.45. The molecule has 1 heterocycles. The van der Waals surface area contributed by atoms with Crippen molar-refractivity contribution in [1.29, 1.82) is 0 Å². The van der Waals surface area contributed by atoms with Gasteiger partial charge in [0, 0.05) is 5.92 Å². The summed E-state index contributed by atoms with van der Waals surface area (Å²) in [4.78, 5) is 10.9. The highest BCUT2D eigenvalue weighted by Gasteiger charge is 2.24. The summed E-state index contributed by atoms with van der Waals surface area (Å²) in [5, 5.41) is 16.7. The van der Waals surface area contributed by atoms with E-state index in [9.17, 15) is 4.79 Å². The van der Waals surface area contributed by atoms with E-state index in [1.54, 1.807) is 6.07 Å². The van der Waals surface area contributed by atoms with Crippen molar-refractivity contribution in [1.82, 2.24) is 10.2 Å². The molecular formula is C10H12N2O3. The number of carbonyl (C=O) groups is 1. The van der Waals surface area contributed by atoms with Crippen molar-refractivity contribution in [2.75, 3.05) is 7.11 Å². The Balaban J connectivity index is 2.35. The highest BCUT2D eigenvalue weighted by molar-refractivity contribution is 5.90. The molecule has 0 aliphatic heterocycles. The summed E-state index contributed by atoms with van der Waals surface area (Å²) in [6.45, 7) is 0. The zero-order valence-corrected chi connectivity index (χ0v) is 8.43. The molecule has 1 saturated carbocycles. The molecule has 5 nitrogen and oxygen atoms in total. The van der Waals surface area contributed by atoms with Crippen LogP contribution in [0, 0.1) is 0 Å². The fourth-order valence-electron chi connectivity index (χ4n) is 1.60. The Kier molecular flexibility index (Phi) is 2.53. The van der Waals surface area contributed by atoms with Gasteiger partial charge in [-0.3, -0.25) is 0 Å². The third-order valence-electron chi connectivity index (χ3n) is 2.73. The van der Waals surface area contributed by atoms with E-state index in [2.05, 4.69) is 10.2 Å². The summed E-state index contributed by atoms with van der Waals surface area (Å²) in [6.07, 6.45) is 3.32. The first kappa shape index (κ1) is 9.89. The SMILES string of the molecule is COc1nnc(C2CCC2)cc1C(=O)O. The fourth-order valence-corrected chi connectivity index (χ4v) is 1.60. The van der Waals surface area contributed by atoms with Crippen LogP contribution in [0.4, 0.5) is 0 Å². The molecule has 0 aromatic carbocycles. The van der Waals surface area contributed by atoms with Crippen molar-refractivity contribution in [2.24, 2.45) is 0 Å². The molecule has 1 aromatic heterocycles. The summed E-state index contributed by atoms with van der Waals surface area (Å²) in [5.41, 5.74) is 0.855. The van der Waals surface area contributed by atoms with Gasteiger partial charge in [0.15, 0.2) is 0 Å². The van der Waals surface area contributed by atoms with Crippen LogP contribution in [0.15, 0.2) is 6.07 Å². The second kappa shape index (κ2) is 3.84. The van der Waals surface area contributed by atoms with Crippen molar-refractivity contribution < 1.29 is 14.6 Å². The van der Waals surface area contributed by atoms with Crippen LogP contribution in [0.5, 0.6) is 5.88 Å². The van der Waals surface area contributed by atoms with Crippen molar-refractivity contribution in [3.8, 4) is 5.88 Å². The van der Waals surface area contributed by atoms with E-state index < -0.39 is 5.97 Å². The molecule has 0 unspecified atom stereocenters. The quantitative estimate of drug-likeness (QED) is 0.813. The molecule has 15 heavy (non-hydrogen) atoms. The number of rotatable bonds is 3. The van der Waals surface area contributed by atoms with Crippen LogP contribution in [-0.4, -0.2) is 28.4 Å². The lowest BCUT2D eigenvalue weighted by molar-refractivity contribution is 0.0691. The van der Waals surface area contributed by atoms with Crippen LogP contribution >= 0.6 is 0 Å². The van der Waals surface area contributed by atoms with Crippen LogP contribution in [0.25, 0.3) is 0 Å². The van der Waals surface area contributed by atoms with Gasteiger partial charge in [-0.05, 0) is 18.9 Å². The Morgan fingerprint density at radius 3 is 2.73 bits per heavy atom. The first-order valence-corrected chi connectivity index (χ1v) is 4.87. The zero-order valence-electron chi connectivity index (χ0n) is 8.43. The number of methoxy groups -OCH3 is 1. The Morgan fingerprint density at radius 2 is 2.27 bits per heavy atom. The molecule has 5 heteroatoms. The summed E-state index contributed by atoms with van der Waals surface area (Å²) >= 11 is 0. The molecule has 80 valence electrons. The largest absolute Gasteiger partial charge is 0.479 e. The number of carboxylic acids is 1. The van der Waals surface area contributed by atoms with Gasteiger partial charge in [0.1, 0.15) is 5.56 Å². The van der Waals surface area contributed by atoms with Gasteiger partial charge in [0.2, 0.25) is 5.88 Å². The second-order valence-corrected chi connectivity index (χ2v) is 3.63. The first-order valence-electron chi connectivity index (χ1n) is 4.87. The van der Waals surface area contributed by atoms with Gasteiger partial charge < -0.3 is 9.84 Å². The van der Waals surface area contributed by atoms with E-state index in [1.807, 2.05) is 0 Å². The molecule has 0 amide bonds. The van der Waals surface area contributed by atoms with Crippen LogP contribution in [0.3, 0.4) is 0 Å². The van der Waals surface area contributed by atoms with Crippen molar-refractivity contribution >= 4 is 5.97 Å². The molecule has 2 rings (SSSR count). The van der Waals surface area contributed by atoms with Crippen LogP contribution in [-0.2, 0) is 0 Å². The lowest BCUT2D eigenvalue weighted by Crippen LogP contribution is -2.14. The summed E-state index contributed by atoms with van der Waals surface area (Å²) < 4.78 is 4.84. The van der Waals surface area contributed by atoms with E-state index in [0.717, 1.165) is 18.5 Å². The van der Waals surface area contributed by atoms with Crippen molar-refractivity contribution in [3.63, 3.8) is 0 Å². The Morgan fingerprint density at radius 1 is 1.53 bits per heavy atom. The van der Waals surface area contributed by atoms with E-state index >= 15 is 0 Å². The molecule has 1 fully saturated rings. The van der Waals surface area contributed by atoms with Gasteiger partial charge >= 0.3 is 5.97 Å². The molecule has 0 radical (unpaired) electrons. The lowest BCUT2D eigenvalue weighted by atomic mass is 9.82. The normalized spacial score (nSPS) is 15.8. The Bertz CT molecular complexity index is 388.